The van der Waals surface area contributed by atoms with Crippen LogP contribution in [0.3, 0.4) is 0 Å². The average Bonchev–Trinajstić information content (AvgIpc) is 3.09. The fraction of sp³-hybridized carbons (Fsp3) is 0.312. The minimum absolute atomic E-state index is 0.104. The van der Waals surface area contributed by atoms with Gasteiger partial charge in [-0.05, 0) is 23.9 Å². The second-order valence-electron chi connectivity index (χ2n) is 4.93. The van der Waals surface area contributed by atoms with Gasteiger partial charge in [0.2, 0.25) is 5.91 Å². The monoisotopic (exact) mass is 287 g/mol. The van der Waals surface area contributed by atoms with Crippen LogP contribution < -0.4 is 10.1 Å². The molecule has 0 saturated carbocycles. The SMILES string of the molecule is O=C(CC1COc2ccccc21)NCCc1cccs1. The van der Waals surface area contributed by atoms with Gasteiger partial charge in [0.1, 0.15) is 5.75 Å². The third kappa shape index (κ3) is 3.02. The summed E-state index contributed by atoms with van der Waals surface area (Å²) in [5.74, 6) is 1.21. The molecule has 0 fully saturated rings. The third-order valence-corrected chi connectivity index (χ3v) is 4.44. The van der Waals surface area contributed by atoms with E-state index in [-0.39, 0.29) is 11.8 Å². The first kappa shape index (κ1) is 13.2. The summed E-state index contributed by atoms with van der Waals surface area (Å²) in [6.45, 7) is 1.31. The summed E-state index contributed by atoms with van der Waals surface area (Å²) >= 11 is 1.73. The van der Waals surface area contributed by atoms with Gasteiger partial charge in [-0.25, -0.2) is 0 Å². The molecular weight excluding hydrogens is 270 g/mol. The van der Waals surface area contributed by atoms with Gasteiger partial charge in [0.25, 0.3) is 0 Å². The molecule has 1 aliphatic heterocycles. The molecule has 0 aliphatic carbocycles. The largest absolute Gasteiger partial charge is 0.493 e. The number of para-hydroxylation sites is 1. The molecule has 20 heavy (non-hydrogen) atoms. The van der Waals surface area contributed by atoms with Crippen molar-refractivity contribution in [2.45, 2.75) is 18.8 Å². The molecule has 0 spiro atoms. The highest BCUT2D eigenvalue weighted by molar-refractivity contribution is 7.09. The number of rotatable bonds is 5. The van der Waals surface area contributed by atoms with Crippen LogP contribution in [0.5, 0.6) is 5.75 Å². The zero-order chi connectivity index (χ0) is 13.8. The standard InChI is InChI=1S/C16H17NO2S/c18-16(17-8-7-13-4-3-9-20-13)10-12-11-19-15-6-2-1-5-14(12)15/h1-6,9,12H,7-8,10-11H2,(H,17,18). The smallest absolute Gasteiger partial charge is 0.220 e. The maximum atomic E-state index is 12.0. The van der Waals surface area contributed by atoms with Gasteiger partial charge in [-0.15, -0.1) is 11.3 Å². The van der Waals surface area contributed by atoms with E-state index in [0.29, 0.717) is 19.6 Å². The molecule has 0 saturated heterocycles. The van der Waals surface area contributed by atoms with Crippen molar-refractivity contribution >= 4 is 17.2 Å². The first-order valence-electron chi connectivity index (χ1n) is 6.84. The highest BCUT2D eigenvalue weighted by atomic mass is 32.1. The maximum absolute atomic E-state index is 12.0. The molecule has 1 N–H and O–H groups in total. The van der Waals surface area contributed by atoms with Crippen molar-refractivity contribution in [3.63, 3.8) is 0 Å². The molecule has 1 aromatic heterocycles. The summed E-state index contributed by atoms with van der Waals surface area (Å²) in [5, 5.41) is 5.05. The number of nitrogens with one attached hydrogen (secondary N) is 1. The van der Waals surface area contributed by atoms with Gasteiger partial charge in [0, 0.05) is 29.3 Å². The highest BCUT2D eigenvalue weighted by Crippen LogP contribution is 2.35. The van der Waals surface area contributed by atoms with Crippen LogP contribution in [-0.2, 0) is 11.2 Å². The second kappa shape index (κ2) is 6.09. The van der Waals surface area contributed by atoms with E-state index in [2.05, 4.69) is 16.8 Å². The van der Waals surface area contributed by atoms with Crippen LogP contribution in [0.2, 0.25) is 0 Å². The fourth-order valence-corrected chi connectivity index (χ4v) is 3.18. The van der Waals surface area contributed by atoms with Crippen LogP contribution in [0, 0.1) is 0 Å². The lowest BCUT2D eigenvalue weighted by Crippen LogP contribution is -2.27. The molecular formula is C16H17NO2S. The molecule has 2 heterocycles. The average molecular weight is 287 g/mol. The molecule has 1 amide bonds. The van der Waals surface area contributed by atoms with E-state index in [1.54, 1.807) is 11.3 Å². The molecule has 1 aliphatic rings. The van der Waals surface area contributed by atoms with E-state index in [4.69, 9.17) is 4.74 Å². The van der Waals surface area contributed by atoms with Crippen molar-refractivity contribution in [2.75, 3.05) is 13.2 Å². The van der Waals surface area contributed by atoms with E-state index in [1.165, 1.54) is 4.88 Å². The maximum Gasteiger partial charge on any atom is 0.220 e. The number of thiophene rings is 1. The Kier molecular flexibility index (Phi) is 4.02. The molecule has 1 atom stereocenters. The lowest BCUT2D eigenvalue weighted by atomic mass is 9.97. The first-order valence-corrected chi connectivity index (χ1v) is 7.71. The lowest BCUT2D eigenvalue weighted by molar-refractivity contribution is -0.121. The van der Waals surface area contributed by atoms with Crippen molar-refractivity contribution in [3.05, 3.63) is 52.2 Å². The predicted octanol–water partition coefficient (Wildman–Crippen LogP) is 2.97. The molecule has 1 aromatic carbocycles. The van der Waals surface area contributed by atoms with Gasteiger partial charge in [-0.3, -0.25) is 4.79 Å². The van der Waals surface area contributed by atoms with Crippen LogP contribution in [0.4, 0.5) is 0 Å². The number of fused-ring (bicyclic) bond motifs is 1. The van der Waals surface area contributed by atoms with Crippen molar-refractivity contribution < 1.29 is 9.53 Å². The molecule has 0 bridgehead atoms. The number of hydrogen-bond donors (Lipinski definition) is 1. The Hall–Kier alpha value is -1.81. The molecule has 2 aromatic rings. The molecule has 3 rings (SSSR count). The summed E-state index contributed by atoms with van der Waals surface area (Å²) in [6, 6.07) is 12.1. The predicted molar refractivity (Wildman–Crippen MR) is 80.3 cm³/mol. The van der Waals surface area contributed by atoms with Crippen LogP contribution in [0.25, 0.3) is 0 Å². The minimum atomic E-state index is 0.104. The van der Waals surface area contributed by atoms with E-state index in [9.17, 15) is 4.79 Å². The van der Waals surface area contributed by atoms with Gasteiger partial charge in [0.05, 0.1) is 6.61 Å². The number of hydrogen-bond acceptors (Lipinski definition) is 3. The summed E-state index contributed by atoms with van der Waals surface area (Å²) in [6.07, 6.45) is 1.41. The summed E-state index contributed by atoms with van der Waals surface area (Å²) in [5.41, 5.74) is 1.15. The second-order valence-corrected chi connectivity index (χ2v) is 5.96. The lowest BCUT2D eigenvalue weighted by Gasteiger charge is -2.09. The quantitative estimate of drug-likeness (QED) is 0.918. The summed E-state index contributed by atoms with van der Waals surface area (Å²) in [4.78, 5) is 13.3. The number of carbonyl (C=O) groups excluding carboxylic acids is 1. The molecule has 1 unspecified atom stereocenters. The van der Waals surface area contributed by atoms with Crippen molar-refractivity contribution in [3.8, 4) is 5.75 Å². The van der Waals surface area contributed by atoms with Crippen LogP contribution >= 0.6 is 11.3 Å². The fourth-order valence-electron chi connectivity index (χ4n) is 2.47. The Bertz CT molecular complexity index is 580. The zero-order valence-corrected chi connectivity index (χ0v) is 12.0. The van der Waals surface area contributed by atoms with Gasteiger partial charge in [-0.2, -0.15) is 0 Å². The van der Waals surface area contributed by atoms with Crippen LogP contribution in [0.15, 0.2) is 41.8 Å². The Morgan fingerprint density at radius 1 is 1.30 bits per heavy atom. The summed E-state index contributed by atoms with van der Waals surface area (Å²) in [7, 11) is 0. The van der Waals surface area contributed by atoms with Crippen LogP contribution in [-0.4, -0.2) is 19.1 Å². The summed E-state index contributed by atoms with van der Waals surface area (Å²) < 4.78 is 5.60. The van der Waals surface area contributed by atoms with E-state index < -0.39 is 0 Å². The van der Waals surface area contributed by atoms with Gasteiger partial charge in [0.15, 0.2) is 0 Å². The van der Waals surface area contributed by atoms with Crippen LogP contribution in [0.1, 0.15) is 22.8 Å². The Morgan fingerprint density at radius 3 is 3.05 bits per heavy atom. The Labute approximate surface area is 122 Å². The third-order valence-electron chi connectivity index (χ3n) is 3.50. The Balaban J connectivity index is 1.48. The number of carbonyl (C=O) groups is 1. The molecule has 4 heteroatoms. The van der Waals surface area contributed by atoms with E-state index in [0.717, 1.165) is 17.7 Å². The Morgan fingerprint density at radius 2 is 2.20 bits per heavy atom. The van der Waals surface area contributed by atoms with E-state index >= 15 is 0 Å². The zero-order valence-electron chi connectivity index (χ0n) is 11.2. The number of amides is 1. The minimum Gasteiger partial charge on any atom is -0.493 e. The number of benzene rings is 1. The van der Waals surface area contributed by atoms with Gasteiger partial charge < -0.3 is 10.1 Å². The number of ether oxygens (including phenoxy) is 1. The molecule has 3 nitrogen and oxygen atoms in total. The normalized spacial score (nSPS) is 16.5. The topological polar surface area (TPSA) is 38.3 Å². The molecule has 0 radical (unpaired) electrons. The molecule has 104 valence electrons. The first-order chi connectivity index (χ1) is 9.83. The van der Waals surface area contributed by atoms with Gasteiger partial charge >= 0.3 is 0 Å². The van der Waals surface area contributed by atoms with Crippen molar-refractivity contribution in [1.29, 1.82) is 0 Å². The highest BCUT2D eigenvalue weighted by Gasteiger charge is 2.25. The van der Waals surface area contributed by atoms with Gasteiger partial charge in [-0.1, -0.05) is 24.3 Å². The van der Waals surface area contributed by atoms with Crippen molar-refractivity contribution in [2.24, 2.45) is 0 Å². The van der Waals surface area contributed by atoms with E-state index in [1.807, 2.05) is 30.3 Å². The van der Waals surface area contributed by atoms with Crippen molar-refractivity contribution in [1.82, 2.24) is 5.32 Å².